The molecule has 0 bridgehead atoms. The molecule has 0 amide bonds. The molecule has 0 saturated heterocycles. The van der Waals surface area contributed by atoms with E-state index >= 15 is 0 Å². The van der Waals surface area contributed by atoms with Gasteiger partial charge in [0.1, 0.15) is 0 Å². The second-order valence-electron chi connectivity index (χ2n) is 2.91. The predicted molar refractivity (Wildman–Crippen MR) is 45.1 cm³/mol. The van der Waals surface area contributed by atoms with Crippen LogP contribution in [0.5, 0.6) is 0 Å². The fraction of sp³-hybridized carbons (Fsp3) is 0.889. The van der Waals surface area contributed by atoms with Crippen LogP contribution in [-0.2, 0) is 0 Å². The Kier molecular flexibility index (Phi) is 6.57. The molecule has 2 unspecified atom stereocenters. The highest BCUT2D eigenvalue weighted by Gasteiger charge is 2.09. The van der Waals surface area contributed by atoms with Crippen LogP contribution in [0, 0.1) is 6.92 Å². The highest BCUT2D eigenvalue weighted by molar-refractivity contribution is 4.63. The molecule has 0 aliphatic carbocycles. The van der Waals surface area contributed by atoms with Gasteiger partial charge < -0.3 is 10.2 Å². The van der Waals surface area contributed by atoms with Gasteiger partial charge >= 0.3 is 0 Å². The van der Waals surface area contributed by atoms with Gasteiger partial charge in [-0.3, -0.25) is 0 Å². The minimum atomic E-state index is -0.429. The molecule has 2 atom stereocenters. The normalized spacial score (nSPS) is 16.4. The zero-order valence-corrected chi connectivity index (χ0v) is 7.16. The highest BCUT2D eigenvalue weighted by atomic mass is 16.3. The summed E-state index contributed by atoms with van der Waals surface area (Å²) in [6.45, 7) is 7.25. The molecule has 0 fully saturated rings. The number of aliphatic hydroxyl groups is 2. The van der Waals surface area contributed by atoms with Gasteiger partial charge in [-0.25, -0.2) is 0 Å². The van der Waals surface area contributed by atoms with E-state index < -0.39 is 6.10 Å². The van der Waals surface area contributed by atoms with Crippen molar-refractivity contribution in [3.05, 3.63) is 6.92 Å². The fourth-order valence-corrected chi connectivity index (χ4v) is 1.08. The maximum absolute atomic E-state index is 9.25. The molecule has 0 aromatic carbocycles. The van der Waals surface area contributed by atoms with Crippen LogP contribution in [0.15, 0.2) is 0 Å². The van der Waals surface area contributed by atoms with Gasteiger partial charge in [0, 0.05) is 0 Å². The lowest BCUT2D eigenvalue weighted by Crippen LogP contribution is -2.17. The van der Waals surface area contributed by atoms with Crippen LogP contribution >= 0.6 is 0 Å². The van der Waals surface area contributed by atoms with E-state index in [0.29, 0.717) is 19.3 Å². The Labute approximate surface area is 69.2 Å². The van der Waals surface area contributed by atoms with Crippen LogP contribution < -0.4 is 0 Å². The average Bonchev–Trinajstić information content (AvgIpc) is 1.87. The van der Waals surface area contributed by atoms with Crippen molar-refractivity contribution < 1.29 is 10.2 Å². The summed E-state index contributed by atoms with van der Waals surface area (Å²) in [5.74, 6) is 0. The van der Waals surface area contributed by atoms with Gasteiger partial charge in [0.25, 0.3) is 0 Å². The Bertz CT molecular complexity index is 73.6. The summed E-state index contributed by atoms with van der Waals surface area (Å²) < 4.78 is 0. The van der Waals surface area contributed by atoms with Crippen LogP contribution in [0.4, 0.5) is 0 Å². The van der Waals surface area contributed by atoms with E-state index in [1.54, 1.807) is 0 Å². The van der Waals surface area contributed by atoms with Gasteiger partial charge in [-0.2, -0.15) is 0 Å². The Morgan fingerprint density at radius 2 is 1.73 bits per heavy atom. The van der Waals surface area contributed by atoms with E-state index in [-0.39, 0.29) is 6.10 Å². The predicted octanol–water partition coefficient (Wildman–Crippen LogP) is 1.39. The second kappa shape index (κ2) is 6.62. The summed E-state index contributed by atoms with van der Waals surface area (Å²) in [6.07, 6.45) is 2.47. The summed E-state index contributed by atoms with van der Waals surface area (Å²) in [6, 6.07) is 0. The second-order valence-corrected chi connectivity index (χ2v) is 2.91. The highest BCUT2D eigenvalue weighted by Crippen LogP contribution is 2.08. The zero-order chi connectivity index (χ0) is 8.69. The van der Waals surface area contributed by atoms with E-state index in [4.69, 9.17) is 6.92 Å². The standard InChI is InChI=1S/C9H18O2/c1-3-5-8(10)7-9(11)6-4-2/h1,8-11H,3-7H2,2H3. The number of hydrogen-bond acceptors (Lipinski definition) is 2. The third-order valence-corrected chi connectivity index (χ3v) is 1.67. The first-order valence-corrected chi connectivity index (χ1v) is 4.26. The van der Waals surface area contributed by atoms with Gasteiger partial charge in [0.15, 0.2) is 0 Å². The molecule has 2 nitrogen and oxygen atoms in total. The van der Waals surface area contributed by atoms with E-state index in [2.05, 4.69) is 0 Å². The lowest BCUT2D eigenvalue weighted by molar-refractivity contribution is 0.0712. The molecule has 0 aliphatic heterocycles. The van der Waals surface area contributed by atoms with Crippen LogP contribution in [0.1, 0.15) is 39.0 Å². The van der Waals surface area contributed by atoms with E-state index in [1.807, 2.05) is 6.92 Å². The van der Waals surface area contributed by atoms with Crippen LogP contribution in [-0.4, -0.2) is 22.4 Å². The molecule has 0 rings (SSSR count). The Hall–Kier alpha value is -0.0800. The third-order valence-electron chi connectivity index (χ3n) is 1.67. The lowest BCUT2D eigenvalue weighted by Gasteiger charge is -2.13. The molecule has 0 aromatic heterocycles. The number of hydrogen-bond donors (Lipinski definition) is 2. The topological polar surface area (TPSA) is 40.5 Å². The fourth-order valence-electron chi connectivity index (χ4n) is 1.08. The Morgan fingerprint density at radius 3 is 2.18 bits per heavy atom. The van der Waals surface area contributed by atoms with Crippen molar-refractivity contribution in [2.45, 2.75) is 51.2 Å². The maximum atomic E-state index is 9.25. The molecule has 2 heteroatoms. The molecular weight excluding hydrogens is 140 g/mol. The lowest BCUT2D eigenvalue weighted by atomic mass is 10.0. The first-order valence-electron chi connectivity index (χ1n) is 4.26. The molecule has 2 radical (unpaired) electrons. The van der Waals surface area contributed by atoms with Crippen molar-refractivity contribution in [3.8, 4) is 0 Å². The molecule has 0 heterocycles. The summed E-state index contributed by atoms with van der Waals surface area (Å²) in [4.78, 5) is 0. The molecule has 0 aliphatic rings. The Morgan fingerprint density at radius 1 is 1.18 bits per heavy atom. The molecule has 2 N–H and O–H groups in total. The summed E-state index contributed by atoms with van der Waals surface area (Å²) in [5, 5.41) is 18.5. The van der Waals surface area contributed by atoms with Gasteiger partial charge in [0.2, 0.25) is 0 Å². The smallest absolute Gasteiger partial charge is 0.0565 e. The van der Waals surface area contributed by atoms with Crippen molar-refractivity contribution in [3.63, 3.8) is 0 Å². The van der Waals surface area contributed by atoms with E-state index in [0.717, 1.165) is 12.8 Å². The molecule has 0 saturated carbocycles. The minimum Gasteiger partial charge on any atom is -0.393 e. The van der Waals surface area contributed by atoms with Crippen LogP contribution in [0.25, 0.3) is 0 Å². The largest absolute Gasteiger partial charge is 0.393 e. The Balaban J connectivity index is 3.32. The van der Waals surface area contributed by atoms with Crippen LogP contribution in [0.2, 0.25) is 0 Å². The first-order chi connectivity index (χ1) is 5.20. The van der Waals surface area contributed by atoms with E-state index in [9.17, 15) is 10.2 Å². The van der Waals surface area contributed by atoms with Gasteiger partial charge in [-0.05, 0) is 32.6 Å². The number of aliphatic hydroxyl groups excluding tert-OH is 2. The quantitative estimate of drug-likeness (QED) is 0.613. The van der Waals surface area contributed by atoms with Gasteiger partial charge in [0.05, 0.1) is 12.2 Å². The van der Waals surface area contributed by atoms with Gasteiger partial charge in [-0.15, -0.1) is 0 Å². The molecule has 0 aromatic rings. The monoisotopic (exact) mass is 158 g/mol. The molecule has 11 heavy (non-hydrogen) atoms. The van der Waals surface area contributed by atoms with E-state index in [1.165, 1.54) is 0 Å². The van der Waals surface area contributed by atoms with Gasteiger partial charge in [-0.1, -0.05) is 13.3 Å². The first kappa shape index (κ1) is 10.9. The average molecular weight is 158 g/mol. The third kappa shape index (κ3) is 6.32. The SMILES string of the molecule is [CH]CCC(O)CC(O)CCC. The van der Waals surface area contributed by atoms with Crippen molar-refractivity contribution >= 4 is 0 Å². The van der Waals surface area contributed by atoms with Crippen LogP contribution in [0.3, 0.4) is 0 Å². The van der Waals surface area contributed by atoms with Crippen molar-refractivity contribution in [2.24, 2.45) is 0 Å². The summed E-state index contributed by atoms with van der Waals surface area (Å²) in [5.41, 5.74) is 0. The van der Waals surface area contributed by atoms with Crippen molar-refractivity contribution in [1.29, 1.82) is 0 Å². The summed E-state index contributed by atoms with van der Waals surface area (Å²) in [7, 11) is 0. The van der Waals surface area contributed by atoms with Crippen molar-refractivity contribution in [1.82, 2.24) is 0 Å². The minimum absolute atomic E-state index is 0.360. The van der Waals surface area contributed by atoms with Crippen molar-refractivity contribution in [2.75, 3.05) is 0 Å². The molecule has 66 valence electrons. The summed E-state index contributed by atoms with van der Waals surface area (Å²) >= 11 is 0. The molecular formula is C9H18O2. The maximum Gasteiger partial charge on any atom is 0.0565 e. The number of rotatable bonds is 6. The molecule has 0 spiro atoms. The zero-order valence-electron chi connectivity index (χ0n) is 7.16.